The van der Waals surface area contributed by atoms with Gasteiger partial charge in [0.1, 0.15) is 45.6 Å². The maximum Gasteiger partial charge on any atom is 0.216 e. The smallest absolute Gasteiger partial charge is 0.216 e. The second kappa shape index (κ2) is 13.2. The molecule has 1 unspecified atom stereocenters. The quantitative estimate of drug-likeness (QED) is 0.156. The van der Waals surface area contributed by atoms with Crippen molar-refractivity contribution in [3.8, 4) is 34.5 Å². The summed E-state index contributed by atoms with van der Waals surface area (Å²) in [5.41, 5.74) is -0.743. The molecule has 0 saturated heterocycles. The van der Waals surface area contributed by atoms with Crippen molar-refractivity contribution in [1.29, 1.82) is 0 Å². The van der Waals surface area contributed by atoms with E-state index in [0.717, 1.165) is 0 Å². The van der Waals surface area contributed by atoms with Crippen LogP contribution in [0.15, 0.2) is 0 Å². The van der Waals surface area contributed by atoms with Crippen LogP contribution in [0.25, 0.3) is 0 Å². The fourth-order valence-electron chi connectivity index (χ4n) is 4.27. The maximum atomic E-state index is 13.1. The SMILES string of the molecule is CCCC(=O)c1c(O)c(Cc2c(O)c(C)c(O)c(C(=O)C(C)CC)c2O)c(O)c(C)c1OCCCNC(C)=O. The van der Waals surface area contributed by atoms with Crippen LogP contribution < -0.4 is 10.1 Å². The van der Waals surface area contributed by atoms with E-state index in [2.05, 4.69) is 5.32 Å². The fraction of sp³-hybridized carbons (Fsp3) is 0.483. The van der Waals surface area contributed by atoms with Gasteiger partial charge >= 0.3 is 0 Å². The molecule has 0 heterocycles. The first-order chi connectivity index (χ1) is 18.3. The number of aromatic hydroxyl groups is 5. The van der Waals surface area contributed by atoms with Crippen LogP contribution in [0.4, 0.5) is 0 Å². The molecule has 2 aromatic rings. The molecule has 2 aromatic carbocycles. The van der Waals surface area contributed by atoms with Gasteiger partial charge in [-0.25, -0.2) is 0 Å². The van der Waals surface area contributed by atoms with Crippen molar-refractivity contribution in [3.63, 3.8) is 0 Å². The molecule has 0 bridgehead atoms. The summed E-state index contributed by atoms with van der Waals surface area (Å²) in [4.78, 5) is 37.1. The van der Waals surface area contributed by atoms with E-state index in [1.54, 1.807) is 20.8 Å². The first-order valence-corrected chi connectivity index (χ1v) is 13.1. The molecule has 1 amide bonds. The molecule has 1 atom stereocenters. The predicted molar refractivity (Wildman–Crippen MR) is 145 cm³/mol. The molecule has 2 rings (SSSR count). The number of rotatable bonds is 13. The van der Waals surface area contributed by atoms with Crippen molar-refractivity contribution in [2.24, 2.45) is 5.92 Å². The van der Waals surface area contributed by atoms with Crippen LogP contribution in [-0.2, 0) is 11.2 Å². The van der Waals surface area contributed by atoms with Gasteiger partial charge in [-0.05, 0) is 33.1 Å². The number of benzene rings is 2. The Balaban J connectivity index is 2.67. The third-order valence-corrected chi connectivity index (χ3v) is 6.84. The van der Waals surface area contributed by atoms with Crippen molar-refractivity contribution in [2.45, 2.75) is 73.6 Å². The number of carbonyl (C=O) groups is 3. The van der Waals surface area contributed by atoms with Crippen LogP contribution in [0.5, 0.6) is 34.5 Å². The van der Waals surface area contributed by atoms with Gasteiger partial charge in [0.25, 0.3) is 0 Å². The molecule has 0 aliphatic heterocycles. The number of phenolic OH excluding ortho intramolecular Hbond substituents is 5. The molecule has 0 aliphatic carbocycles. The first kappa shape index (κ1) is 31.3. The molecule has 0 fully saturated rings. The van der Waals surface area contributed by atoms with Crippen molar-refractivity contribution in [1.82, 2.24) is 5.32 Å². The van der Waals surface area contributed by atoms with Crippen molar-refractivity contribution in [3.05, 3.63) is 33.4 Å². The molecule has 0 aromatic heterocycles. The molecule has 0 radical (unpaired) electrons. The minimum absolute atomic E-state index is 0.00186. The summed E-state index contributed by atoms with van der Waals surface area (Å²) in [5.74, 6) is -4.41. The maximum absolute atomic E-state index is 13.1. The number of nitrogens with one attached hydrogen (secondary N) is 1. The molecule has 214 valence electrons. The lowest BCUT2D eigenvalue weighted by Gasteiger charge is -2.22. The number of amides is 1. The van der Waals surface area contributed by atoms with Crippen LogP contribution in [0.1, 0.15) is 96.3 Å². The minimum Gasteiger partial charge on any atom is -0.507 e. The molecule has 39 heavy (non-hydrogen) atoms. The Morgan fingerprint density at radius 1 is 0.846 bits per heavy atom. The average molecular weight is 546 g/mol. The highest BCUT2D eigenvalue weighted by molar-refractivity contribution is 6.04. The monoisotopic (exact) mass is 545 g/mol. The summed E-state index contributed by atoms with van der Waals surface area (Å²) in [6.45, 7) is 9.90. The highest BCUT2D eigenvalue weighted by Gasteiger charge is 2.31. The normalized spacial score (nSPS) is 11.7. The summed E-state index contributed by atoms with van der Waals surface area (Å²) in [6.07, 6.45) is 0.971. The van der Waals surface area contributed by atoms with Gasteiger partial charge in [-0.2, -0.15) is 0 Å². The molecule has 10 nitrogen and oxygen atoms in total. The van der Waals surface area contributed by atoms with Crippen LogP contribution in [0, 0.1) is 19.8 Å². The molecule has 0 aliphatic rings. The predicted octanol–water partition coefficient (Wildman–Crippen LogP) is 4.54. The number of Topliss-reactive ketones (excluding diaryl/α,β-unsaturated/α-hetero) is 2. The Morgan fingerprint density at radius 3 is 1.95 bits per heavy atom. The number of phenols is 5. The van der Waals surface area contributed by atoms with Crippen molar-refractivity contribution in [2.75, 3.05) is 13.2 Å². The third kappa shape index (κ3) is 6.55. The number of ketones is 2. The Bertz CT molecular complexity index is 1270. The van der Waals surface area contributed by atoms with Crippen molar-refractivity contribution >= 4 is 17.5 Å². The van der Waals surface area contributed by atoms with Gasteiger partial charge in [-0.15, -0.1) is 0 Å². The lowest BCUT2D eigenvalue weighted by Crippen LogP contribution is -2.22. The second-order valence-electron chi connectivity index (χ2n) is 9.74. The molecule has 0 spiro atoms. The van der Waals surface area contributed by atoms with Gasteiger partial charge in [0.15, 0.2) is 11.6 Å². The zero-order chi connectivity index (χ0) is 29.6. The van der Waals surface area contributed by atoms with Gasteiger partial charge in [0.05, 0.1) is 6.61 Å². The van der Waals surface area contributed by atoms with Crippen LogP contribution in [-0.4, -0.2) is 56.2 Å². The van der Waals surface area contributed by atoms with E-state index in [1.807, 2.05) is 0 Å². The van der Waals surface area contributed by atoms with E-state index in [-0.39, 0.29) is 58.1 Å². The standard InChI is InChI=1S/C29H39NO9/c1-7-10-20(32)21-27(37)19(25(35)16(5)29(21)39-12-9-11-30-17(6)31)13-18-24(34)15(4)26(36)22(28(18)38)23(33)14(3)8-2/h14,34-38H,7-13H2,1-6H3,(H,30,31). The minimum atomic E-state index is -0.669. The topological polar surface area (TPSA) is 174 Å². The summed E-state index contributed by atoms with van der Waals surface area (Å²) in [7, 11) is 0. The highest BCUT2D eigenvalue weighted by Crippen LogP contribution is 2.48. The van der Waals surface area contributed by atoms with E-state index in [4.69, 9.17) is 4.74 Å². The van der Waals surface area contributed by atoms with E-state index in [9.17, 15) is 39.9 Å². The van der Waals surface area contributed by atoms with Gasteiger partial charge < -0.3 is 35.6 Å². The fourth-order valence-corrected chi connectivity index (χ4v) is 4.27. The van der Waals surface area contributed by atoms with Gasteiger partial charge in [-0.1, -0.05) is 20.8 Å². The first-order valence-electron chi connectivity index (χ1n) is 13.1. The molecular formula is C29H39NO9. The van der Waals surface area contributed by atoms with Crippen LogP contribution in [0.2, 0.25) is 0 Å². The zero-order valence-corrected chi connectivity index (χ0v) is 23.4. The molecule has 6 N–H and O–H groups in total. The molecular weight excluding hydrogens is 506 g/mol. The van der Waals surface area contributed by atoms with Crippen LogP contribution in [0.3, 0.4) is 0 Å². The Morgan fingerprint density at radius 2 is 1.41 bits per heavy atom. The Kier molecular flexibility index (Phi) is 10.6. The second-order valence-corrected chi connectivity index (χ2v) is 9.74. The van der Waals surface area contributed by atoms with Crippen LogP contribution >= 0.6 is 0 Å². The number of hydrogen-bond donors (Lipinski definition) is 6. The van der Waals surface area contributed by atoms with Gasteiger partial charge in [-0.3, -0.25) is 14.4 Å². The summed E-state index contributed by atoms with van der Waals surface area (Å²) in [6, 6.07) is 0. The molecule has 10 heteroatoms. The van der Waals surface area contributed by atoms with Crippen molar-refractivity contribution < 1.29 is 44.7 Å². The average Bonchev–Trinajstić information content (AvgIpc) is 2.88. The Labute approximate surface area is 228 Å². The highest BCUT2D eigenvalue weighted by atomic mass is 16.5. The lowest BCUT2D eigenvalue weighted by molar-refractivity contribution is -0.118. The number of ether oxygens (including phenoxy) is 1. The van der Waals surface area contributed by atoms with E-state index in [0.29, 0.717) is 25.8 Å². The number of hydrogen-bond acceptors (Lipinski definition) is 9. The summed E-state index contributed by atoms with van der Waals surface area (Å²) < 4.78 is 5.79. The summed E-state index contributed by atoms with van der Waals surface area (Å²) in [5, 5.41) is 57.2. The lowest BCUT2D eigenvalue weighted by atomic mass is 9.88. The third-order valence-electron chi connectivity index (χ3n) is 6.84. The largest absolute Gasteiger partial charge is 0.507 e. The Hall–Kier alpha value is -3.95. The zero-order valence-electron chi connectivity index (χ0n) is 23.4. The summed E-state index contributed by atoms with van der Waals surface area (Å²) >= 11 is 0. The van der Waals surface area contributed by atoms with Gasteiger partial charge in [0, 0.05) is 54.5 Å². The van der Waals surface area contributed by atoms with Gasteiger partial charge in [0.2, 0.25) is 5.91 Å². The molecule has 0 saturated carbocycles. The van der Waals surface area contributed by atoms with E-state index >= 15 is 0 Å². The van der Waals surface area contributed by atoms with E-state index < -0.39 is 52.7 Å². The number of carbonyl (C=O) groups excluding carboxylic acids is 3. The van der Waals surface area contributed by atoms with E-state index in [1.165, 1.54) is 20.8 Å².